The summed E-state index contributed by atoms with van der Waals surface area (Å²) in [5.74, 6) is 0.317. The first-order valence-corrected chi connectivity index (χ1v) is 4.84. The Bertz CT molecular complexity index is 193. The van der Waals surface area contributed by atoms with Crippen LogP contribution in [0.4, 0.5) is 0 Å². The van der Waals surface area contributed by atoms with Crippen LogP contribution in [0.3, 0.4) is 0 Å². The van der Waals surface area contributed by atoms with E-state index in [-0.39, 0.29) is 6.04 Å². The molecule has 0 radical (unpaired) electrons. The monoisotopic (exact) mass is 168 g/mol. The maximum Gasteiger partial charge on any atom is 0.222 e. The molecule has 1 heterocycles. The summed E-state index contributed by atoms with van der Waals surface area (Å²) in [5.41, 5.74) is 5.93. The Morgan fingerprint density at radius 2 is 2.17 bits per heavy atom. The molecule has 2 unspecified atom stereocenters. The van der Waals surface area contributed by atoms with Gasteiger partial charge in [-0.3, -0.25) is 4.79 Å². The summed E-state index contributed by atoms with van der Waals surface area (Å²) >= 11 is 0. The summed E-state index contributed by atoms with van der Waals surface area (Å²) < 4.78 is 0. The lowest BCUT2D eigenvalue weighted by Crippen LogP contribution is -2.44. The quantitative estimate of drug-likeness (QED) is 0.619. The van der Waals surface area contributed by atoms with Gasteiger partial charge in [0, 0.05) is 25.0 Å². The minimum absolute atomic E-state index is 0.243. The molecule has 0 aromatic heterocycles. The van der Waals surface area contributed by atoms with Crippen molar-refractivity contribution < 1.29 is 4.79 Å². The van der Waals surface area contributed by atoms with Gasteiger partial charge in [0.1, 0.15) is 0 Å². The molecule has 3 nitrogen and oxygen atoms in total. The Morgan fingerprint density at radius 1 is 1.33 bits per heavy atom. The van der Waals surface area contributed by atoms with Crippen molar-refractivity contribution >= 4 is 5.91 Å². The lowest BCUT2D eigenvalue weighted by atomic mass is 10.1. The molecule has 2 N–H and O–H groups in total. The summed E-state index contributed by atoms with van der Waals surface area (Å²) in [6.07, 6.45) is 5.17. The van der Waals surface area contributed by atoms with Gasteiger partial charge in [-0.25, -0.2) is 0 Å². The second kappa shape index (κ2) is 3.05. The summed E-state index contributed by atoms with van der Waals surface area (Å²) in [6, 6.07) is 0.604. The Labute approximate surface area is 72.9 Å². The van der Waals surface area contributed by atoms with Crippen molar-refractivity contribution in [2.75, 3.05) is 6.54 Å². The summed E-state index contributed by atoms with van der Waals surface area (Å²) in [6.45, 7) is 0.942. The van der Waals surface area contributed by atoms with Crippen LogP contribution in [0.5, 0.6) is 0 Å². The summed E-state index contributed by atoms with van der Waals surface area (Å²) in [4.78, 5) is 13.4. The molecule has 68 valence electrons. The van der Waals surface area contributed by atoms with Crippen molar-refractivity contribution in [3.63, 3.8) is 0 Å². The fraction of sp³-hybridized carbons (Fsp3) is 0.889. The van der Waals surface area contributed by atoms with Gasteiger partial charge < -0.3 is 10.6 Å². The molecule has 2 aliphatic rings. The van der Waals surface area contributed by atoms with Crippen LogP contribution in [0, 0.1) is 0 Å². The molecule has 1 aliphatic carbocycles. The summed E-state index contributed by atoms with van der Waals surface area (Å²) in [5, 5.41) is 0. The van der Waals surface area contributed by atoms with Gasteiger partial charge in [-0.2, -0.15) is 0 Å². The van der Waals surface area contributed by atoms with E-state index in [1.54, 1.807) is 0 Å². The highest BCUT2D eigenvalue weighted by molar-refractivity contribution is 5.78. The number of hydrogen-bond donors (Lipinski definition) is 1. The van der Waals surface area contributed by atoms with Crippen LogP contribution in [-0.2, 0) is 4.79 Å². The molecular weight excluding hydrogens is 152 g/mol. The number of nitrogens with two attached hydrogens (primary N) is 1. The van der Waals surface area contributed by atoms with E-state index in [0.29, 0.717) is 11.9 Å². The van der Waals surface area contributed by atoms with E-state index in [1.807, 2.05) is 4.90 Å². The number of carbonyl (C=O) groups is 1. The van der Waals surface area contributed by atoms with Crippen LogP contribution in [-0.4, -0.2) is 29.4 Å². The number of likely N-dealkylation sites (tertiary alicyclic amines) is 1. The molecule has 0 aromatic rings. The van der Waals surface area contributed by atoms with Gasteiger partial charge in [-0.1, -0.05) is 0 Å². The van der Waals surface area contributed by atoms with Crippen molar-refractivity contribution in [1.82, 2.24) is 4.90 Å². The van der Waals surface area contributed by atoms with E-state index in [0.717, 1.165) is 32.2 Å². The predicted octanol–water partition coefficient (Wildman–Crippen LogP) is 0.489. The minimum Gasteiger partial charge on any atom is -0.338 e. The fourth-order valence-electron chi connectivity index (χ4n) is 2.38. The topological polar surface area (TPSA) is 46.3 Å². The minimum atomic E-state index is 0.243. The second-order valence-corrected chi connectivity index (χ2v) is 3.85. The number of hydrogen-bond acceptors (Lipinski definition) is 2. The predicted molar refractivity (Wildman–Crippen MR) is 46.6 cm³/mol. The fourth-order valence-corrected chi connectivity index (χ4v) is 2.38. The van der Waals surface area contributed by atoms with Crippen LogP contribution in [0.25, 0.3) is 0 Å². The molecule has 1 saturated carbocycles. The smallest absolute Gasteiger partial charge is 0.222 e. The third-order valence-corrected chi connectivity index (χ3v) is 3.04. The average Bonchev–Trinajstić information content (AvgIpc) is 2.59. The normalized spacial score (nSPS) is 36.4. The van der Waals surface area contributed by atoms with Crippen LogP contribution in [0.2, 0.25) is 0 Å². The molecule has 1 amide bonds. The number of carbonyl (C=O) groups excluding carboxylic acids is 1. The van der Waals surface area contributed by atoms with Crippen LogP contribution < -0.4 is 5.73 Å². The number of rotatable bonds is 1. The van der Waals surface area contributed by atoms with Crippen LogP contribution >= 0.6 is 0 Å². The Morgan fingerprint density at radius 3 is 2.67 bits per heavy atom. The van der Waals surface area contributed by atoms with Gasteiger partial charge in [0.15, 0.2) is 0 Å². The Hall–Kier alpha value is -0.570. The second-order valence-electron chi connectivity index (χ2n) is 3.85. The van der Waals surface area contributed by atoms with Crippen molar-refractivity contribution in [1.29, 1.82) is 0 Å². The maximum absolute atomic E-state index is 11.4. The van der Waals surface area contributed by atoms with Crippen LogP contribution in [0.1, 0.15) is 32.1 Å². The highest BCUT2D eigenvalue weighted by Gasteiger charge is 2.34. The molecule has 0 spiro atoms. The largest absolute Gasteiger partial charge is 0.338 e. The maximum atomic E-state index is 11.4. The Balaban J connectivity index is 2.03. The van der Waals surface area contributed by atoms with Gasteiger partial charge in [0.2, 0.25) is 5.91 Å². The molecule has 2 rings (SSSR count). The van der Waals surface area contributed by atoms with Gasteiger partial charge in [-0.15, -0.1) is 0 Å². The van der Waals surface area contributed by atoms with Crippen LogP contribution in [0.15, 0.2) is 0 Å². The van der Waals surface area contributed by atoms with E-state index >= 15 is 0 Å². The molecule has 3 heteroatoms. The van der Waals surface area contributed by atoms with E-state index in [1.165, 1.54) is 6.42 Å². The molecular formula is C9H16N2O. The first-order valence-electron chi connectivity index (χ1n) is 4.84. The van der Waals surface area contributed by atoms with Crippen molar-refractivity contribution in [2.45, 2.75) is 44.2 Å². The van der Waals surface area contributed by atoms with Gasteiger partial charge in [0.05, 0.1) is 0 Å². The number of amides is 1. The third-order valence-electron chi connectivity index (χ3n) is 3.04. The number of nitrogens with zero attached hydrogens (tertiary/aromatic N) is 1. The van der Waals surface area contributed by atoms with Gasteiger partial charge >= 0.3 is 0 Å². The van der Waals surface area contributed by atoms with E-state index in [2.05, 4.69) is 0 Å². The lowest BCUT2D eigenvalue weighted by molar-refractivity contribution is -0.129. The molecule has 0 bridgehead atoms. The molecule has 12 heavy (non-hydrogen) atoms. The highest BCUT2D eigenvalue weighted by atomic mass is 16.2. The highest BCUT2D eigenvalue weighted by Crippen LogP contribution is 2.26. The third kappa shape index (κ3) is 1.22. The van der Waals surface area contributed by atoms with Gasteiger partial charge in [0.25, 0.3) is 0 Å². The van der Waals surface area contributed by atoms with E-state index in [9.17, 15) is 4.79 Å². The zero-order valence-electron chi connectivity index (χ0n) is 7.33. The molecule has 2 fully saturated rings. The first-order chi connectivity index (χ1) is 5.79. The zero-order valence-corrected chi connectivity index (χ0v) is 7.33. The first kappa shape index (κ1) is 8.05. The molecule has 2 atom stereocenters. The van der Waals surface area contributed by atoms with E-state index < -0.39 is 0 Å². The molecule has 0 aromatic carbocycles. The van der Waals surface area contributed by atoms with Crippen molar-refractivity contribution in [3.05, 3.63) is 0 Å². The van der Waals surface area contributed by atoms with E-state index in [4.69, 9.17) is 5.73 Å². The van der Waals surface area contributed by atoms with Crippen molar-refractivity contribution in [3.8, 4) is 0 Å². The molecule has 1 saturated heterocycles. The average molecular weight is 168 g/mol. The SMILES string of the molecule is NC1CCCC1N1CCCC1=O. The lowest BCUT2D eigenvalue weighted by Gasteiger charge is -2.27. The molecule has 1 aliphatic heterocycles. The van der Waals surface area contributed by atoms with Crippen molar-refractivity contribution in [2.24, 2.45) is 5.73 Å². The zero-order chi connectivity index (χ0) is 8.55. The Kier molecular flexibility index (Phi) is 2.05. The standard InChI is InChI=1S/C9H16N2O/c10-7-3-1-4-8(7)11-6-2-5-9(11)12/h7-8H,1-6,10H2. The van der Waals surface area contributed by atoms with Gasteiger partial charge in [-0.05, 0) is 25.7 Å². The summed E-state index contributed by atoms with van der Waals surface area (Å²) in [7, 11) is 0.